The number of likely N-dealkylation sites (tertiary alicyclic amines) is 1. The highest BCUT2D eigenvalue weighted by Gasteiger charge is 2.34. The normalized spacial score (nSPS) is 23.4. The van der Waals surface area contributed by atoms with Crippen molar-refractivity contribution in [1.29, 1.82) is 0 Å². The average Bonchev–Trinajstić information content (AvgIpc) is 3.24. The summed E-state index contributed by atoms with van der Waals surface area (Å²) in [6.45, 7) is 5.10. The van der Waals surface area contributed by atoms with Gasteiger partial charge in [-0.15, -0.1) is 0 Å². The molecule has 3 rings (SSSR count). The first-order valence-corrected chi connectivity index (χ1v) is 9.54. The molecule has 21 heavy (non-hydrogen) atoms. The minimum atomic E-state index is -3.09. The van der Waals surface area contributed by atoms with Crippen molar-refractivity contribution in [3.8, 4) is 0 Å². The Morgan fingerprint density at radius 1 is 1.19 bits per heavy atom. The molecule has 116 valence electrons. The van der Waals surface area contributed by atoms with Crippen LogP contribution in [0.3, 0.4) is 0 Å². The van der Waals surface area contributed by atoms with Crippen molar-refractivity contribution >= 4 is 15.5 Å². The summed E-state index contributed by atoms with van der Waals surface area (Å²) in [5, 5.41) is 3.44. The first-order chi connectivity index (χ1) is 10.1. The molecule has 0 radical (unpaired) electrons. The molecule has 1 aliphatic carbocycles. The summed E-state index contributed by atoms with van der Waals surface area (Å²) in [6, 6.07) is 8.01. The fourth-order valence-corrected chi connectivity index (χ4v) is 3.89. The van der Waals surface area contributed by atoms with Crippen LogP contribution in [-0.2, 0) is 9.84 Å². The lowest BCUT2D eigenvalue weighted by atomic mass is 10.1. The van der Waals surface area contributed by atoms with E-state index in [2.05, 4.69) is 10.2 Å². The molecule has 1 atom stereocenters. The van der Waals surface area contributed by atoms with Crippen LogP contribution in [0.15, 0.2) is 29.2 Å². The molecule has 2 fully saturated rings. The molecule has 1 heterocycles. The topological polar surface area (TPSA) is 49.4 Å². The quantitative estimate of drug-likeness (QED) is 0.876. The van der Waals surface area contributed by atoms with E-state index in [0.717, 1.165) is 18.3 Å². The number of rotatable bonds is 6. The van der Waals surface area contributed by atoms with E-state index in [-0.39, 0.29) is 5.75 Å². The van der Waals surface area contributed by atoms with Gasteiger partial charge in [-0.25, -0.2) is 8.42 Å². The zero-order valence-corrected chi connectivity index (χ0v) is 13.4. The summed E-state index contributed by atoms with van der Waals surface area (Å²) >= 11 is 0. The van der Waals surface area contributed by atoms with Gasteiger partial charge in [-0.1, -0.05) is 6.92 Å². The van der Waals surface area contributed by atoms with Gasteiger partial charge < -0.3 is 10.2 Å². The Morgan fingerprint density at radius 2 is 1.90 bits per heavy atom. The molecule has 0 amide bonds. The summed E-state index contributed by atoms with van der Waals surface area (Å²) in [5.41, 5.74) is 1.01. The molecule has 1 aromatic rings. The van der Waals surface area contributed by atoms with Crippen molar-refractivity contribution in [2.24, 2.45) is 5.92 Å². The fourth-order valence-electron chi connectivity index (χ4n) is 3.01. The number of hydrogen-bond donors (Lipinski definition) is 1. The lowest BCUT2D eigenvalue weighted by molar-refractivity contribution is 0.316. The summed E-state index contributed by atoms with van der Waals surface area (Å²) in [6.07, 6.45) is 4.03. The monoisotopic (exact) mass is 308 g/mol. The van der Waals surface area contributed by atoms with E-state index in [1.54, 1.807) is 19.1 Å². The van der Waals surface area contributed by atoms with Gasteiger partial charge in [-0.2, -0.15) is 0 Å². The van der Waals surface area contributed by atoms with Crippen molar-refractivity contribution in [2.75, 3.05) is 30.7 Å². The minimum Gasteiger partial charge on any atom is -0.385 e. The van der Waals surface area contributed by atoms with Gasteiger partial charge >= 0.3 is 0 Å². The van der Waals surface area contributed by atoms with Crippen LogP contribution in [0.2, 0.25) is 0 Å². The molecule has 4 nitrogen and oxygen atoms in total. The van der Waals surface area contributed by atoms with Crippen molar-refractivity contribution < 1.29 is 8.42 Å². The van der Waals surface area contributed by atoms with Crippen molar-refractivity contribution in [3.05, 3.63) is 24.3 Å². The van der Waals surface area contributed by atoms with E-state index in [1.165, 1.54) is 32.4 Å². The van der Waals surface area contributed by atoms with Gasteiger partial charge in [0.15, 0.2) is 9.84 Å². The van der Waals surface area contributed by atoms with E-state index in [1.807, 2.05) is 12.1 Å². The number of hydrogen-bond acceptors (Lipinski definition) is 4. The number of sulfone groups is 1. The van der Waals surface area contributed by atoms with E-state index < -0.39 is 9.84 Å². The maximum Gasteiger partial charge on any atom is 0.178 e. The van der Waals surface area contributed by atoms with Crippen LogP contribution < -0.4 is 5.32 Å². The van der Waals surface area contributed by atoms with Crippen LogP contribution in [0.5, 0.6) is 0 Å². The highest BCUT2D eigenvalue weighted by molar-refractivity contribution is 7.91. The zero-order valence-electron chi connectivity index (χ0n) is 12.6. The van der Waals surface area contributed by atoms with Gasteiger partial charge in [-0.3, -0.25) is 0 Å². The first-order valence-electron chi connectivity index (χ1n) is 7.89. The van der Waals surface area contributed by atoms with E-state index in [9.17, 15) is 8.42 Å². The zero-order chi connectivity index (χ0) is 14.9. The standard InChI is InChI=1S/C16H24N2O2S/c1-2-21(19,20)16-7-3-14(4-8-16)17-11-13-9-10-18(12-13)15-5-6-15/h3-4,7-8,13,15,17H,2,5-6,9-12H2,1H3. The SMILES string of the molecule is CCS(=O)(=O)c1ccc(NCC2CCN(C3CC3)C2)cc1. The van der Waals surface area contributed by atoms with Gasteiger partial charge in [0.2, 0.25) is 0 Å². The van der Waals surface area contributed by atoms with Crippen molar-refractivity contribution in [3.63, 3.8) is 0 Å². The molecule has 1 aromatic carbocycles. The predicted molar refractivity (Wildman–Crippen MR) is 85.4 cm³/mol. The molecular weight excluding hydrogens is 284 g/mol. The van der Waals surface area contributed by atoms with Gasteiger partial charge in [0.05, 0.1) is 10.6 Å². The lowest BCUT2D eigenvalue weighted by Gasteiger charge is -2.15. The van der Waals surface area contributed by atoms with Gasteiger partial charge in [0.1, 0.15) is 0 Å². The minimum absolute atomic E-state index is 0.152. The third-order valence-corrected chi connectivity index (χ3v) is 6.32. The van der Waals surface area contributed by atoms with Crippen molar-refractivity contribution in [1.82, 2.24) is 4.90 Å². The Morgan fingerprint density at radius 3 is 2.52 bits per heavy atom. The molecule has 5 heteroatoms. The van der Waals surface area contributed by atoms with Gasteiger partial charge in [-0.05, 0) is 56.0 Å². The fraction of sp³-hybridized carbons (Fsp3) is 0.625. The van der Waals surface area contributed by atoms with Crippen LogP contribution in [0, 0.1) is 5.92 Å². The molecular formula is C16H24N2O2S. The van der Waals surface area contributed by atoms with E-state index >= 15 is 0 Å². The second kappa shape index (κ2) is 5.97. The predicted octanol–water partition coefficient (Wildman–Crippen LogP) is 2.38. The maximum absolute atomic E-state index is 11.8. The van der Waals surface area contributed by atoms with Crippen LogP contribution >= 0.6 is 0 Å². The molecule has 1 saturated carbocycles. The molecule has 0 aromatic heterocycles. The molecule has 0 bridgehead atoms. The number of anilines is 1. The Kier molecular flexibility index (Phi) is 4.22. The van der Waals surface area contributed by atoms with Crippen molar-refractivity contribution in [2.45, 2.75) is 37.1 Å². The molecule has 2 aliphatic rings. The molecule has 1 N–H and O–H groups in total. The number of nitrogens with one attached hydrogen (secondary N) is 1. The summed E-state index contributed by atoms with van der Waals surface area (Å²) in [4.78, 5) is 3.03. The van der Waals surface area contributed by atoms with E-state index in [4.69, 9.17) is 0 Å². The van der Waals surface area contributed by atoms with Gasteiger partial charge in [0.25, 0.3) is 0 Å². The van der Waals surface area contributed by atoms with Crippen LogP contribution in [-0.4, -0.2) is 44.7 Å². The van der Waals surface area contributed by atoms with Crippen LogP contribution in [0.25, 0.3) is 0 Å². The van der Waals surface area contributed by atoms with Gasteiger partial charge in [0, 0.05) is 24.8 Å². The number of benzene rings is 1. The second-order valence-corrected chi connectivity index (χ2v) is 8.47. The Bertz CT molecular complexity index is 579. The molecule has 1 saturated heterocycles. The second-order valence-electron chi connectivity index (χ2n) is 6.19. The summed E-state index contributed by atoms with van der Waals surface area (Å²) < 4.78 is 23.5. The van der Waals surface area contributed by atoms with E-state index in [0.29, 0.717) is 10.8 Å². The molecule has 0 spiro atoms. The highest BCUT2D eigenvalue weighted by atomic mass is 32.2. The molecule has 1 aliphatic heterocycles. The third-order valence-electron chi connectivity index (χ3n) is 4.57. The Balaban J connectivity index is 1.51. The maximum atomic E-state index is 11.8. The average molecular weight is 308 g/mol. The molecule has 1 unspecified atom stereocenters. The van der Waals surface area contributed by atoms with Crippen LogP contribution in [0.4, 0.5) is 5.69 Å². The largest absolute Gasteiger partial charge is 0.385 e. The lowest BCUT2D eigenvalue weighted by Crippen LogP contribution is -2.24. The highest BCUT2D eigenvalue weighted by Crippen LogP contribution is 2.31. The summed E-state index contributed by atoms with van der Waals surface area (Å²) in [5.74, 6) is 0.864. The third kappa shape index (κ3) is 3.58. The Labute approximate surface area is 127 Å². The first kappa shape index (κ1) is 14.9. The summed E-state index contributed by atoms with van der Waals surface area (Å²) in [7, 11) is -3.09. The smallest absolute Gasteiger partial charge is 0.178 e. The Hall–Kier alpha value is -1.07. The number of nitrogens with zero attached hydrogens (tertiary/aromatic N) is 1. The van der Waals surface area contributed by atoms with Crippen LogP contribution in [0.1, 0.15) is 26.2 Å².